The Hall–Kier alpha value is -1.55. The Labute approximate surface area is 118 Å². The Bertz CT molecular complexity index is 430. The van der Waals surface area contributed by atoms with Gasteiger partial charge in [-0.1, -0.05) is 37.6 Å². The van der Waals surface area contributed by atoms with E-state index in [0.717, 1.165) is 5.56 Å². The van der Waals surface area contributed by atoms with Crippen molar-refractivity contribution >= 4 is 23.4 Å². The van der Waals surface area contributed by atoms with Crippen LogP contribution in [0.3, 0.4) is 0 Å². The minimum Gasteiger partial charge on any atom is -0.354 e. The second-order valence-corrected chi connectivity index (χ2v) is 5.21. The molecule has 0 atom stereocenters. The first kappa shape index (κ1) is 15.5. The van der Waals surface area contributed by atoms with Crippen molar-refractivity contribution in [3.05, 3.63) is 34.9 Å². The monoisotopic (exact) mass is 282 g/mol. The summed E-state index contributed by atoms with van der Waals surface area (Å²) in [6.07, 6.45) is 0.245. The van der Waals surface area contributed by atoms with Crippen LogP contribution in [0.15, 0.2) is 24.3 Å². The van der Waals surface area contributed by atoms with Crippen LogP contribution in [0.5, 0.6) is 0 Å². The van der Waals surface area contributed by atoms with Crippen LogP contribution >= 0.6 is 11.6 Å². The lowest BCUT2D eigenvalue weighted by molar-refractivity contribution is -0.125. The van der Waals surface area contributed by atoms with Gasteiger partial charge in [-0.2, -0.15) is 0 Å². The van der Waals surface area contributed by atoms with E-state index in [9.17, 15) is 9.59 Å². The van der Waals surface area contributed by atoms with Gasteiger partial charge in [-0.3, -0.25) is 9.59 Å². The summed E-state index contributed by atoms with van der Waals surface area (Å²) in [4.78, 5) is 23.0. The molecule has 1 aromatic rings. The number of nitrogens with one attached hydrogen (secondary N) is 2. The van der Waals surface area contributed by atoms with Gasteiger partial charge in [-0.05, 0) is 23.6 Å². The summed E-state index contributed by atoms with van der Waals surface area (Å²) in [6, 6.07) is 7.06. The van der Waals surface area contributed by atoms with Gasteiger partial charge in [0.1, 0.15) is 0 Å². The van der Waals surface area contributed by atoms with Gasteiger partial charge in [0, 0.05) is 11.6 Å². The SMILES string of the molecule is CC(C)CNC(=O)CNC(=O)Cc1ccc(Cl)cc1. The van der Waals surface area contributed by atoms with E-state index in [1.807, 2.05) is 13.8 Å². The van der Waals surface area contributed by atoms with Crippen molar-refractivity contribution in [2.75, 3.05) is 13.1 Å². The number of hydrogen-bond donors (Lipinski definition) is 2. The summed E-state index contributed by atoms with van der Waals surface area (Å²) in [5.41, 5.74) is 0.865. The van der Waals surface area contributed by atoms with Crippen molar-refractivity contribution in [2.45, 2.75) is 20.3 Å². The third kappa shape index (κ3) is 6.82. The van der Waals surface area contributed by atoms with E-state index in [-0.39, 0.29) is 24.8 Å². The number of hydrogen-bond acceptors (Lipinski definition) is 2. The second-order valence-electron chi connectivity index (χ2n) is 4.78. The molecule has 2 amide bonds. The summed E-state index contributed by atoms with van der Waals surface area (Å²) in [5.74, 6) is 0.0499. The summed E-state index contributed by atoms with van der Waals surface area (Å²) in [7, 11) is 0. The smallest absolute Gasteiger partial charge is 0.239 e. The van der Waals surface area contributed by atoms with E-state index in [4.69, 9.17) is 11.6 Å². The van der Waals surface area contributed by atoms with E-state index in [0.29, 0.717) is 17.5 Å². The molecule has 0 aliphatic rings. The highest BCUT2D eigenvalue weighted by atomic mass is 35.5. The maximum atomic E-state index is 11.6. The average molecular weight is 283 g/mol. The highest BCUT2D eigenvalue weighted by Crippen LogP contribution is 2.09. The van der Waals surface area contributed by atoms with E-state index in [1.165, 1.54) is 0 Å². The molecule has 5 heteroatoms. The molecule has 0 aromatic heterocycles. The van der Waals surface area contributed by atoms with Crippen LogP contribution < -0.4 is 10.6 Å². The van der Waals surface area contributed by atoms with Gasteiger partial charge >= 0.3 is 0 Å². The lowest BCUT2D eigenvalue weighted by Gasteiger charge is -2.08. The first-order chi connectivity index (χ1) is 8.97. The van der Waals surface area contributed by atoms with Crippen molar-refractivity contribution in [2.24, 2.45) is 5.92 Å². The lowest BCUT2D eigenvalue weighted by atomic mass is 10.1. The predicted octanol–water partition coefficient (Wildman–Crippen LogP) is 1.77. The molecule has 4 nitrogen and oxygen atoms in total. The molecule has 0 saturated heterocycles. The molecule has 0 heterocycles. The minimum absolute atomic E-state index is 0.0130. The first-order valence-corrected chi connectivity index (χ1v) is 6.63. The Morgan fingerprint density at radius 1 is 1.11 bits per heavy atom. The Kier molecular flexibility index (Phi) is 6.36. The zero-order chi connectivity index (χ0) is 14.3. The topological polar surface area (TPSA) is 58.2 Å². The maximum absolute atomic E-state index is 11.6. The highest BCUT2D eigenvalue weighted by Gasteiger charge is 2.06. The fraction of sp³-hybridized carbons (Fsp3) is 0.429. The van der Waals surface area contributed by atoms with Crippen molar-refractivity contribution < 1.29 is 9.59 Å². The van der Waals surface area contributed by atoms with Crippen molar-refractivity contribution in [1.82, 2.24) is 10.6 Å². The number of carbonyl (C=O) groups is 2. The zero-order valence-corrected chi connectivity index (χ0v) is 12.0. The molecule has 0 bridgehead atoms. The first-order valence-electron chi connectivity index (χ1n) is 6.25. The van der Waals surface area contributed by atoms with Crippen LogP contribution in [0.25, 0.3) is 0 Å². The van der Waals surface area contributed by atoms with Crippen LogP contribution in [-0.4, -0.2) is 24.9 Å². The fourth-order valence-corrected chi connectivity index (χ4v) is 1.54. The van der Waals surface area contributed by atoms with Crippen molar-refractivity contribution in [1.29, 1.82) is 0 Å². The predicted molar refractivity (Wildman–Crippen MR) is 76.0 cm³/mol. The number of halogens is 1. The molecule has 1 aromatic carbocycles. The molecular formula is C14H19ClN2O2. The standard InChI is InChI=1S/C14H19ClN2O2/c1-10(2)8-16-14(19)9-17-13(18)7-11-3-5-12(15)6-4-11/h3-6,10H,7-9H2,1-2H3,(H,16,19)(H,17,18). The van der Waals surface area contributed by atoms with Crippen molar-refractivity contribution in [3.63, 3.8) is 0 Å². The number of rotatable bonds is 6. The fourth-order valence-electron chi connectivity index (χ4n) is 1.41. The molecule has 19 heavy (non-hydrogen) atoms. The molecule has 0 radical (unpaired) electrons. The van der Waals surface area contributed by atoms with Gasteiger partial charge < -0.3 is 10.6 Å². The Morgan fingerprint density at radius 2 is 1.74 bits per heavy atom. The molecular weight excluding hydrogens is 264 g/mol. The van der Waals surface area contributed by atoms with Crippen LogP contribution in [0.2, 0.25) is 5.02 Å². The van der Waals surface area contributed by atoms with Gasteiger partial charge in [-0.25, -0.2) is 0 Å². The second kappa shape index (κ2) is 7.79. The molecule has 0 fully saturated rings. The molecule has 1 rings (SSSR count). The van der Waals surface area contributed by atoms with E-state index >= 15 is 0 Å². The molecule has 0 aliphatic heterocycles. The van der Waals surface area contributed by atoms with Gasteiger partial charge in [0.25, 0.3) is 0 Å². The number of benzene rings is 1. The molecule has 0 saturated carbocycles. The van der Waals surface area contributed by atoms with Crippen LogP contribution in [0, 0.1) is 5.92 Å². The summed E-state index contributed by atoms with van der Waals surface area (Å²) in [6.45, 7) is 4.66. The largest absolute Gasteiger partial charge is 0.354 e. The molecule has 0 aliphatic carbocycles. The van der Waals surface area contributed by atoms with Crippen molar-refractivity contribution in [3.8, 4) is 0 Å². The van der Waals surface area contributed by atoms with E-state index < -0.39 is 0 Å². The third-order valence-corrected chi connectivity index (χ3v) is 2.68. The summed E-state index contributed by atoms with van der Waals surface area (Å²) in [5, 5.41) is 5.96. The maximum Gasteiger partial charge on any atom is 0.239 e. The van der Waals surface area contributed by atoms with Gasteiger partial charge in [-0.15, -0.1) is 0 Å². The van der Waals surface area contributed by atoms with Gasteiger partial charge in [0.2, 0.25) is 11.8 Å². The lowest BCUT2D eigenvalue weighted by Crippen LogP contribution is -2.38. The zero-order valence-electron chi connectivity index (χ0n) is 11.2. The Balaban J connectivity index is 2.28. The van der Waals surface area contributed by atoms with E-state index in [1.54, 1.807) is 24.3 Å². The Morgan fingerprint density at radius 3 is 2.32 bits per heavy atom. The number of carbonyl (C=O) groups excluding carboxylic acids is 2. The minimum atomic E-state index is -0.179. The average Bonchev–Trinajstić information content (AvgIpc) is 2.36. The highest BCUT2D eigenvalue weighted by molar-refractivity contribution is 6.30. The molecule has 104 valence electrons. The van der Waals surface area contributed by atoms with Crippen LogP contribution in [-0.2, 0) is 16.0 Å². The summed E-state index contributed by atoms with van der Waals surface area (Å²) < 4.78 is 0. The normalized spacial score (nSPS) is 10.3. The molecule has 0 unspecified atom stereocenters. The summed E-state index contributed by atoms with van der Waals surface area (Å²) >= 11 is 5.76. The van der Waals surface area contributed by atoms with E-state index in [2.05, 4.69) is 10.6 Å². The van der Waals surface area contributed by atoms with Crippen LogP contribution in [0.4, 0.5) is 0 Å². The number of amides is 2. The third-order valence-electron chi connectivity index (χ3n) is 2.43. The van der Waals surface area contributed by atoms with Gasteiger partial charge in [0.05, 0.1) is 13.0 Å². The molecule has 2 N–H and O–H groups in total. The van der Waals surface area contributed by atoms with Gasteiger partial charge in [0.15, 0.2) is 0 Å². The molecule has 0 spiro atoms. The quantitative estimate of drug-likeness (QED) is 0.835. The van der Waals surface area contributed by atoms with Crippen LogP contribution in [0.1, 0.15) is 19.4 Å².